The SMILES string of the molecule is CC(=O)c1ccc(F)c([C@H]2C[C@H]2NC(=O)Nc2ccc(C#N)cn2)c1OC(=O)c1cccc(N(C)C)c1. The zero-order valence-electron chi connectivity index (χ0n) is 20.4. The number of amides is 2. The molecule has 10 heteroatoms. The quantitative estimate of drug-likeness (QED) is 0.282. The highest BCUT2D eigenvalue weighted by Gasteiger charge is 2.44. The molecule has 2 amide bonds. The van der Waals surface area contributed by atoms with Gasteiger partial charge in [0.25, 0.3) is 0 Å². The zero-order chi connectivity index (χ0) is 26.7. The summed E-state index contributed by atoms with van der Waals surface area (Å²) in [6.45, 7) is 1.31. The molecule has 0 saturated heterocycles. The number of halogens is 1. The van der Waals surface area contributed by atoms with Crippen molar-refractivity contribution in [1.29, 1.82) is 5.26 Å². The molecule has 0 unspecified atom stereocenters. The lowest BCUT2D eigenvalue weighted by Crippen LogP contribution is -2.31. The minimum Gasteiger partial charge on any atom is -0.422 e. The van der Waals surface area contributed by atoms with Crippen molar-refractivity contribution >= 4 is 29.3 Å². The minimum absolute atomic E-state index is 0.0617. The molecule has 1 heterocycles. The molecule has 2 atom stereocenters. The summed E-state index contributed by atoms with van der Waals surface area (Å²) in [5, 5.41) is 14.1. The normalized spacial score (nSPS) is 15.8. The van der Waals surface area contributed by atoms with E-state index in [0.29, 0.717) is 12.0 Å². The lowest BCUT2D eigenvalue weighted by molar-refractivity contribution is 0.0730. The summed E-state index contributed by atoms with van der Waals surface area (Å²) in [6.07, 6.45) is 1.71. The zero-order valence-corrected chi connectivity index (χ0v) is 20.4. The molecule has 2 N–H and O–H groups in total. The average Bonchev–Trinajstić information content (AvgIpc) is 3.62. The van der Waals surface area contributed by atoms with Gasteiger partial charge < -0.3 is 15.0 Å². The lowest BCUT2D eigenvalue weighted by Gasteiger charge is -2.16. The van der Waals surface area contributed by atoms with Gasteiger partial charge in [-0.25, -0.2) is 19.0 Å². The Morgan fingerprint density at radius 1 is 1.16 bits per heavy atom. The highest BCUT2D eigenvalue weighted by Crippen LogP contribution is 2.47. The first-order valence-electron chi connectivity index (χ1n) is 11.4. The van der Waals surface area contributed by atoms with Gasteiger partial charge in [0.1, 0.15) is 23.5 Å². The predicted octanol–water partition coefficient (Wildman–Crippen LogP) is 4.26. The van der Waals surface area contributed by atoms with E-state index in [1.54, 1.807) is 18.2 Å². The van der Waals surface area contributed by atoms with E-state index in [1.165, 1.54) is 31.3 Å². The Labute approximate surface area is 212 Å². The van der Waals surface area contributed by atoms with Crippen LogP contribution in [0.5, 0.6) is 5.75 Å². The van der Waals surface area contributed by atoms with Crippen molar-refractivity contribution in [2.45, 2.75) is 25.3 Å². The molecule has 0 radical (unpaired) electrons. The van der Waals surface area contributed by atoms with Gasteiger partial charge in [-0.2, -0.15) is 5.26 Å². The smallest absolute Gasteiger partial charge is 0.343 e. The molecule has 188 valence electrons. The van der Waals surface area contributed by atoms with E-state index in [-0.39, 0.29) is 34.0 Å². The molecule has 0 bridgehead atoms. The second kappa shape index (κ2) is 10.5. The van der Waals surface area contributed by atoms with Crippen molar-refractivity contribution in [1.82, 2.24) is 10.3 Å². The van der Waals surface area contributed by atoms with Crippen LogP contribution >= 0.6 is 0 Å². The van der Waals surface area contributed by atoms with E-state index in [2.05, 4.69) is 15.6 Å². The van der Waals surface area contributed by atoms with Crippen LogP contribution in [0.1, 0.15) is 51.1 Å². The summed E-state index contributed by atoms with van der Waals surface area (Å²) in [6, 6.07) is 13.1. The van der Waals surface area contributed by atoms with Gasteiger partial charge >= 0.3 is 12.0 Å². The van der Waals surface area contributed by atoms with Gasteiger partial charge in [-0.1, -0.05) is 6.07 Å². The molecule has 1 aromatic heterocycles. The van der Waals surface area contributed by atoms with Crippen LogP contribution in [0.4, 0.5) is 20.7 Å². The van der Waals surface area contributed by atoms with Gasteiger partial charge in [0.05, 0.1) is 16.7 Å². The number of pyridine rings is 1. The van der Waals surface area contributed by atoms with E-state index in [9.17, 15) is 14.4 Å². The summed E-state index contributed by atoms with van der Waals surface area (Å²) < 4.78 is 20.7. The molecule has 1 fully saturated rings. The number of ether oxygens (including phenoxy) is 1. The van der Waals surface area contributed by atoms with Gasteiger partial charge in [0.2, 0.25) is 0 Å². The molecular formula is C27H24FN5O4. The van der Waals surface area contributed by atoms with Crippen molar-refractivity contribution in [3.05, 3.63) is 82.8 Å². The summed E-state index contributed by atoms with van der Waals surface area (Å²) in [5.74, 6) is -2.16. The predicted molar refractivity (Wildman–Crippen MR) is 134 cm³/mol. The van der Waals surface area contributed by atoms with E-state index in [4.69, 9.17) is 10.00 Å². The number of nitrogens with one attached hydrogen (secondary N) is 2. The van der Waals surface area contributed by atoms with Crippen LogP contribution in [0, 0.1) is 17.1 Å². The molecule has 0 aliphatic heterocycles. The molecule has 1 saturated carbocycles. The lowest BCUT2D eigenvalue weighted by atomic mass is 10.0. The maximum Gasteiger partial charge on any atom is 0.343 e. The number of carbonyl (C=O) groups excluding carboxylic acids is 3. The minimum atomic E-state index is -0.729. The van der Waals surface area contributed by atoms with Gasteiger partial charge in [0, 0.05) is 43.5 Å². The molecule has 1 aliphatic rings. The largest absolute Gasteiger partial charge is 0.422 e. The number of carbonyl (C=O) groups is 3. The first kappa shape index (κ1) is 25.3. The van der Waals surface area contributed by atoms with Crippen LogP contribution in [-0.4, -0.2) is 42.9 Å². The fraction of sp³-hybridized carbons (Fsp3) is 0.222. The number of urea groups is 1. The number of anilines is 2. The fourth-order valence-electron chi connectivity index (χ4n) is 3.90. The summed E-state index contributed by atoms with van der Waals surface area (Å²) >= 11 is 0. The Bertz CT molecular complexity index is 1420. The van der Waals surface area contributed by atoms with E-state index in [0.717, 1.165) is 11.8 Å². The molecule has 3 aromatic rings. The van der Waals surface area contributed by atoms with Crippen molar-refractivity contribution in [2.75, 3.05) is 24.3 Å². The number of hydrogen-bond donors (Lipinski definition) is 2. The fourth-order valence-corrected chi connectivity index (χ4v) is 3.90. The summed E-state index contributed by atoms with van der Waals surface area (Å²) in [7, 11) is 3.66. The highest BCUT2D eigenvalue weighted by molar-refractivity contribution is 6.00. The first-order valence-corrected chi connectivity index (χ1v) is 11.4. The second-order valence-corrected chi connectivity index (χ2v) is 8.82. The monoisotopic (exact) mass is 501 g/mol. The van der Waals surface area contributed by atoms with Crippen LogP contribution in [-0.2, 0) is 0 Å². The van der Waals surface area contributed by atoms with E-state index in [1.807, 2.05) is 31.1 Å². The number of nitriles is 1. The van der Waals surface area contributed by atoms with Crippen molar-refractivity contribution in [3.8, 4) is 11.8 Å². The van der Waals surface area contributed by atoms with Gasteiger partial charge in [-0.15, -0.1) is 0 Å². The van der Waals surface area contributed by atoms with Crippen LogP contribution in [0.15, 0.2) is 54.7 Å². The second-order valence-electron chi connectivity index (χ2n) is 8.82. The number of Topliss-reactive ketones (excluding diaryl/α,β-unsaturated/α-hetero) is 1. The molecule has 1 aliphatic carbocycles. The Hall–Kier alpha value is -4.78. The molecule has 9 nitrogen and oxygen atoms in total. The highest BCUT2D eigenvalue weighted by atomic mass is 19.1. The van der Waals surface area contributed by atoms with Crippen LogP contribution in [0.2, 0.25) is 0 Å². The first-order chi connectivity index (χ1) is 17.7. The third-order valence-corrected chi connectivity index (χ3v) is 5.93. The Morgan fingerprint density at radius 2 is 1.95 bits per heavy atom. The Balaban J connectivity index is 1.54. The van der Waals surface area contributed by atoms with E-state index >= 15 is 4.39 Å². The van der Waals surface area contributed by atoms with Gasteiger partial charge in [0.15, 0.2) is 5.78 Å². The maximum absolute atomic E-state index is 15.1. The summed E-state index contributed by atoms with van der Waals surface area (Å²) in [4.78, 5) is 43.5. The van der Waals surface area contributed by atoms with E-state index < -0.39 is 29.8 Å². The molecule has 2 aromatic carbocycles. The number of benzene rings is 2. The third-order valence-electron chi connectivity index (χ3n) is 5.93. The van der Waals surface area contributed by atoms with Gasteiger partial charge in [-0.3, -0.25) is 10.1 Å². The molecular weight excluding hydrogens is 477 g/mol. The number of aromatic nitrogens is 1. The molecule has 0 spiro atoms. The topological polar surface area (TPSA) is 124 Å². The maximum atomic E-state index is 15.1. The molecule has 37 heavy (non-hydrogen) atoms. The van der Waals surface area contributed by atoms with Crippen LogP contribution in [0.25, 0.3) is 0 Å². The molecule has 4 rings (SSSR count). The van der Waals surface area contributed by atoms with Crippen LogP contribution < -0.4 is 20.3 Å². The number of nitrogens with zero attached hydrogens (tertiary/aromatic N) is 3. The standard InChI is InChI=1S/C27H24FN5O4/c1-15(34)19-8-9-21(28)24(25(19)37-26(35)17-5-4-6-18(11-17)33(2)3)20-12-22(20)31-27(36)32-23-10-7-16(13-29)14-30-23/h4-11,14,20,22H,12H2,1-3H3,(H2,30,31,32,36)/t20-,22+/m0/s1. The van der Waals surface area contributed by atoms with Crippen molar-refractivity contribution in [2.24, 2.45) is 0 Å². The van der Waals surface area contributed by atoms with Crippen LogP contribution in [0.3, 0.4) is 0 Å². The Kier molecular flexibility index (Phi) is 7.15. The Morgan fingerprint density at radius 3 is 2.59 bits per heavy atom. The number of rotatable bonds is 7. The number of hydrogen-bond acceptors (Lipinski definition) is 7. The third kappa shape index (κ3) is 5.73. The summed E-state index contributed by atoms with van der Waals surface area (Å²) in [5.41, 5.74) is 1.51. The average molecular weight is 502 g/mol. The van der Waals surface area contributed by atoms with Crippen molar-refractivity contribution < 1.29 is 23.5 Å². The van der Waals surface area contributed by atoms with Crippen molar-refractivity contribution in [3.63, 3.8) is 0 Å². The van der Waals surface area contributed by atoms with Gasteiger partial charge in [-0.05, 0) is 55.8 Å². The number of ketones is 1. The number of esters is 1.